The minimum Gasteiger partial charge on any atom is -0.304 e. The van der Waals surface area contributed by atoms with Crippen molar-refractivity contribution in [1.29, 1.82) is 0 Å². The Kier molecular flexibility index (Phi) is 0.910. The molecule has 0 radical (unpaired) electrons. The molecular weight excluding hydrogens is 118 g/mol. The lowest BCUT2D eigenvalue weighted by atomic mass is 10.2. The minimum atomic E-state index is 0.708. The highest BCUT2D eigenvalue weighted by Gasteiger charge is 2.50. The van der Waals surface area contributed by atoms with Crippen LogP contribution in [0.4, 0.5) is 0 Å². The third-order valence-electron chi connectivity index (χ3n) is 2.28. The van der Waals surface area contributed by atoms with E-state index in [1.807, 2.05) is 0 Å². The summed E-state index contributed by atoms with van der Waals surface area (Å²) in [5.74, 6) is 1.18. The quantitative estimate of drug-likeness (QED) is 0.527. The number of rotatable bonds is 0. The van der Waals surface area contributed by atoms with E-state index in [-0.39, 0.29) is 0 Å². The topological polar surface area (TPSA) is 12.0 Å². The van der Waals surface area contributed by atoms with E-state index in [0.29, 0.717) is 4.75 Å². The highest BCUT2D eigenvalue weighted by molar-refractivity contribution is 8.01. The summed E-state index contributed by atoms with van der Waals surface area (Å²) in [5, 5.41) is 3.44. The van der Waals surface area contributed by atoms with Gasteiger partial charge in [0.05, 0.1) is 0 Å². The zero-order chi connectivity index (χ0) is 5.61. The summed E-state index contributed by atoms with van der Waals surface area (Å²) in [6, 6.07) is 0.785. The van der Waals surface area contributed by atoms with Crippen molar-refractivity contribution in [3.63, 3.8) is 0 Å². The summed E-state index contributed by atoms with van der Waals surface area (Å²) in [7, 11) is 0. The van der Waals surface area contributed by atoms with E-state index in [0.717, 1.165) is 6.04 Å². The van der Waals surface area contributed by atoms with Gasteiger partial charge in [0, 0.05) is 16.7 Å². The van der Waals surface area contributed by atoms with Crippen molar-refractivity contribution in [2.75, 3.05) is 5.88 Å². The van der Waals surface area contributed by atoms with Crippen molar-refractivity contribution < 1.29 is 0 Å². The maximum Gasteiger partial charge on any atom is 0.0426 e. The first-order valence-electron chi connectivity index (χ1n) is 3.21. The van der Waals surface area contributed by atoms with E-state index in [1.54, 1.807) is 0 Å². The van der Waals surface area contributed by atoms with Crippen molar-refractivity contribution >= 4 is 11.8 Å². The Morgan fingerprint density at radius 2 is 2.38 bits per heavy atom. The molecule has 1 aliphatic heterocycles. The van der Waals surface area contributed by atoms with Crippen LogP contribution in [0.15, 0.2) is 0 Å². The predicted molar refractivity (Wildman–Crippen MR) is 37.0 cm³/mol. The van der Waals surface area contributed by atoms with Crippen LogP contribution in [0.25, 0.3) is 0 Å². The summed E-state index contributed by atoms with van der Waals surface area (Å²) in [6.07, 6.45) is 2.90. The number of thioether (sulfide) groups is 1. The molecule has 1 saturated carbocycles. The van der Waals surface area contributed by atoms with Crippen LogP contribution in [0.3, 0.4) is 0 Å². The van der Waals surface area contributed by atoms with E-state index < -0.39 is 0 Å². The molecular formula is C6H11NS. The Balaban J connectivity index is 2.12. The van der Waals surface area contributed by atoms with E-state index in [1.165, 1.54) is 18.7 Å². The fourth-order valence-corrected chi connectivity index (χ4v) is 2.67. The molecule has 0 amide bonds. The predicted octanol–water partition coefficient (Wildman–Crippen LogP) is 1.20. The van der Waals surface area contributed by atoms with Crippen molar-refractivity contribution in [2.24, 2.45) is 0 Å². The van der Waals surface area contributed by atoms with Gasteiger partial charge in [0.2, 0.25) is 0 Å². The van der Waals surface area contributed by atoms with Gasteiger partial charge in [-0.3, -0.25) is 0 Å². The molecule has 1 saturated heterocycles. The van der Waals surface area contributed by atoms with Gasteiger partial charge in [-0.15, -0.1) is 11.8 Å². The SMILES string of the molecule is C[C@H]1NCSC12CC2. The number of hydrogen-bond acceptors (Lipinski definition) is 2. The number of nitrogens with one attached hydrogen (secondary N) is 1. The summed E-state index contributed by atoms with van der Waals surface area (Å²) < 4.78 is 0.708. The number of hydrogen-bond donors (Lipinski definition) is 1. The van der Waals surface area contributed by atoms with Crippen LogP contribution in [-0.2, 0) is 0 Å². The third-order valence-corrected chi connectivity index (χ3v) is 3.93. The van der Waals surface area contributed by atoms with Gasteiger partial charge in [-0.05, 0) is 19.8 Å². The largest absolute Gasteiger partial charge is 0.304 e. The molecule has 1 nitrogen and oxygen atoms in total. The van der Waals surface area contributed by atoms with Gasteiger partial charge in [-0.25, -0.2) is 0 Å². The molecule has 8 heavy (non-hydrogen) atoms. The highest BCUT2D eigenvalue weighted by Crippen LogP contribution is 2.53. The first kappa shape index (κ1) is 5.12. The molecule has 1 heterocycles. The maximum atomic E-state index is 3.44. The second kappa shape index (κ2) is 1.42. The molecule has 2 heteroatoms. The molecule has 0 unspecified atom stereocenters. The third kappa shape index (κ3) is 0.531. The first-order chi connectivity index (χ1) is 3.83. The van der Waals surface area contributed by atoms with Crippen molar-refractivity contribution in [3.05, 3.63) is 0 Å². The molecule has 2 aliphatic rings. The van der Waals surface area contributed by atoms with Gasteiger partial charge in [0.25, 0.3) is 0 Å². The lowest BCUT2D eigenvalue weighted by Gasteiger charge is -2.09. The summed E-state index contributed by atoms with van der Waals surface area (Å²) in [6.45, 7) is 2.30. The van der Waals surface area contributed by atoms with Crippen LogP contribution in [0.5, 0.6) is 0 Å². The average Bonchev–Trinajstić information content (AvgIpc) is 2.39. The molecule has 0 aromatic carbocycles. The van der Waals surface area contributed by atoms with Crippen LogP contribution in [-0.4, -0.2) is 16.7 Å². The molecule has 1 aliphatic carbocycles. The summed E-state index contributed by atoms with van der Waals surface area (Å²) >= 11 is 2.11. The molecule has 1 atom stereocenters. The van der Waals surface area contributed by atoms with Crippen LogP contribution >= 0.6 is 11.8 Å². The molecule has 0 bridgehead atoms. The minimum absolute atomic E-state index is 0.708. The van der Waals surface area contributed by atoms with Crippen LogP contribution < -0.4 is 5.32 Å². The van der Waals surface area contributed by atoms with Gasteiger partial charge < -0.3 is 5.32 Å². The molecule has 0 aromatic rings. The molecule has 1 spiro atoms. The van der Waals surface area contributed by atoms with E-state index in [2.05, 4.69) is 24.0 Å². The van der Waals surface area contributed by atoms with Crippen LogP contribution in [0.1, 0.15) is 19.8 Å². The maximum absolute atomic E-state index is 3.44. The highest BCUT2D eigenvalue weighted by atomic mass is 32.2. The molecule has 2 fully saturated rings. The van der Waals surface area contributed by atoms with Gasteiger partial charge >= 0.3 is 0 Å². The second-order valence-corrected chi connectivity index (χ2v) is 4.17. The molecule has 0 aromatic heterocycles. The van der Waals surface area contributed by atoms with E-state index in [4.69, 9.17) is 0 Å². The standard InChI is InChI=1S/C6H11NS/c1-5-6(2-3-6)8-4-7-5/h5,7H,2-4H2,1H3/t5-/m1/s1. The molecule has 2 rings (SSSR count). The van der Waals surface area contributed by atoms with Gasteiger partial charge in [0.15, 0.2) is 0 Å². The van der Waals surface area contributed by atoms with Crippen LogP contribution in [0, 0.1) is 0 Å². The normalized spacial score (nSPS) is 40.9. The van der Waals surface area contributed by atoms with E-state index >= 15 is 0 Å². The van der Waals surface area contributed by atoms with Gasteiger partial charge in [0.1, 0.15) is 0 Å². The van der Waals surface area contributed by atoms with Crippen LogP contribution in [0.2, 0.25) is 0 Å². The Hall–Kier alpha value is 0.310. The van der Waals surface area contributed by atoms with Crippen molar-refractivity contribution in [3.8, 4) is 0 Å². The van der Waals surface area contributed by atoms with Crippen molar-refractivity contribution in [2.45, 2.75) is 30.6 Å². The fourth-order valence-electron chi connectivity index (χ4n) is 1.32. The zero-order valence-corrected chi connectivity index (χ0v) is 5.92. The van der Waals surface area contributed by atoms with Gasteiger partial charge in [-0.2, -0.15) is 0 Å². The Morgan fingerprint density at radius 3 is 2.62 bits per heavy atom. The molecule has 46 valence electrons. The Labute approximate surface area is 54.2 Å². The lowest BCUT2D eigenvalue weighted by Crippen LogP contribution is -2.26. The molecule has 1 N–H and O–H groups in total. The van der Waals surface area contributed by atoms with Crippen molar-refractivity contribution in [1.82, 2.24) is 5.32 Å². The summed E-state index contributed by atoms with van der Waals surface area (Å²) in [5.41, 5.74) is 0. The average molecular weight is 129 g/mol. The van der Waals surface area contributed by atoms with Gasteiger partial charge in [-0.1, -0.05) is 0 Å². The first-order valence-corrected chi connectivity index (χ1v) is 4.19. The fraction of sp³-hybridized carbons (Fsp3) is 1.00. The second-order valence-electron chi connectivity index (χ2n) is 2.78. The Bertz CT molecular complexity index is 109. The van der Waals surface area contributed by atoms with E-state index in [9.17, 15) is 0 Å². The monoisotopic (exact) mass is 129 g/mol. The smallest absolute Gasteiger partial charge is 0.0426 e. The Morgan fingerprint density at radius 1 is 1.62 bits per heavy atom. The zero-order valence-electron chi connectivity index (χ0n) is 5.11. The summed E-state index contributed by atoms with van der Waals surface area (Å²) in [4.78, 5) is 0. The lowest BCUT2D eigenvalue weighted by molar-refractivity contribution is 0.600.